The fraction of sp³-hybridized carbons (Fsp3) is 0.562. The average Bonchev–Trinajstić information content (AvgIpc) is 2.94. The highest BCUT2D eigenvalue weighted by molar-refractivity contribution is 7.89. The Morgan fingerprint density at radius 1 is 1.04 bits per heavy atom. The highest BCUT2D eigenvalue weighted by atomic mass is 32.2. The van der Waals surface area contributed by atoms with Crippen molar-refractivity contribution in [2.24, 2.45) is 7.05 Å². The molecule has 0 amide bonds. The number of piperazine rings is 1. The molecule has 2 aromatic heterocycles. The van der Waals surface area contributed by atoms with E-state index in [2.05, 4.69) is 15.0 Å². The lowest BCUT2D eigenvalue weighted by molar-refractivity contribution is 0.381. The molecule has 9 nitrogen and oxygen atoms in total. The molecule has 3 rings (SSSR count). The Bertz CT molecular complexity index is 880. The second kappa shape index (κ2) is 6.84. The summed E-state index contributed by atoms with van der Waals surface area (Å²) in [5.74, 6) is 2.15. The molecule has 3 heterocycles. The summed E-state index contributed by atoms with van der Waals surface area (Å²) in [5.41, 5.74) is 0.887. The second-order valence-corrected chi connectivity index (χ2v) is 8.58. The Balaban J connectivity index is 1.75. The van der Waals surface area contributed by atoms with Gasteiger partial charge in [-0.1, -0.05) is 0 Å². The second-order valence-electron chi connectivity index (χ2n) is 6.69. The molecule has 0 aliphatic carbocycles. The number of anilines is 2. The van der Waals surface area contributed by atoms with Gasteiger partial charge in [-0.05, 0) is 13.8 Å². The van der Waals surface area contributed by atoms with Crippen LogP contribution in [-0.2, 0) is 17.1 Å². The molecule has 1 aliphatic rings. The van der Waals surface area contributed by atoms with Gasteiger partial charge in [0.25, 0.3) is 10.0 Å². The quantitative estimate of drug-likeness (QED) is 0.760. The third-order valence-electron chi connectivity index (χ3n) is 4.50. The first-order chi connectivity index (χ1) is 12.2. The number of imidazole rings is 1. The maximum absolute atomic E-state index is 12.8. The third-order valence-corrected chi connectivity index (χ3v) is 6.27. The van der Waals surface area contributed by atoms with Crippen LogP contribution in [0.2, 0.25) is 0 Å². The summed E-state index contributed by atoms with van der Waals surface area (Å²) in [7, 11) is 2.09. The van der Waals surface area contributed by atoms with Crippen LogP contribution in [0.25, 0.3) is 0 Å². The van der Waals surface area contributed by atoms with E-state index in [0.717, 1.165) is 11.5 Å². The van der Waals surface area contributed by atoms with E-state index in [0.29, 0.717) is 38.0 Å². The molecular formula is C16H25N7O2S. The third kappa shape index (κ3) is 3.51. The fourth-order valence-electron chi connectivity index (χ4n) is 2.82. The molecule has 0 bridgehead atoms. The molecule has 1 fully saturated rings. The van der Waals surface area contributed by atoms with Crippen LogP contribution >= 0.6 is 0 Å². The molecule has 26 heavy (non-hydrogen) atoms. The van der Waals surface area contributed by atoms with Crippen molar-refractivity contribution < 1.29 is 8.42 Å². The minimum absolute atomic E-state index is 0.104. The smallest absolute Gasteiger partial charge is 0.262 e. The molecule has 0 spiro atoms. The van der Waals surface area contributed by atoms with Crippen LogP contribution in [0, 0.1) is 13.8 Å². The number of hydrogen-bond acceptors (Lipinski definition) is 7. The van der Waals surface area contributed by atoms with Crippen molar-refractivity contribution in [1.82, 2.24) is 23.8 Å². The number of sulfonamides is 1. The van der Waals surface area contributed by atoms with Gasteiger partial charge < -0.3 is 14.4 Å². The molecule has 0 saturated carbocycles. The molecule has 10 heteroatoms. The van der Waals surface area contributed by atoms with E-state index in [1.54, 1.807) is 24.7 Å². The Hall–Kier alpha value is -2.20. The number of nitrogens with zero attached hydrogens (tertiary/aromatic N) is 7. The Morgan fingerprint density at radius 3 is 2.23 bits per heavy atom. The van der Waals surface area contributed by atoms with Gasteiger partial charge in [-0.15, -0.1) is 0 Å². The maximum Gasteiger partial charge on any atom is 0.262 e. The molecule has 0 radical (unpaired) electrons. The minimum Gasteiger partial charge on any atom is -0.363 e. The summed E-state index contributed by atoms with van der Waals surface area (Å²) in [4.78, 5) is 17.2. The first-order valence-electron chi connectivity index (χ1n) is 8.46. The van der Waals surface area contributed by atoms with E-state index in [1.807, 2.05) is 36.9 Å². The first-order valence-corrected chi connectivity index (χ1v) is 9.90. The predicted molar refractivity (Wildman–Crippen MR) is 100 cm³/mol. The van der Waals surface area contributed by atoms with E-state index in [-0.39, 0.29) is 5.03 Å². The van der Waals surface area contributed by atoms with Crippen molar-refractivity contribution >= 4 is 21.8 Å². The molecule has 1 saturated heterocycles. The number of hydrogen-bond donors (Lipinski definition) is 0. The summed E-state index contributed by atoms with van der Waals surface area (Å²) in [6.45, 7) is 5.57. The van der Waals surface area contributed by atoms with Gasteiger partial charge in [0, 0.05) is 65.3 Å². The van der Waals surface area contributed by atoms with E-state index in [1.165, 1.54) is 4.31 Å². The Labute approximate surface area is 154 Å². The normalized spacial score (nSPS) is 16.1. The van der Waals surface area contributed by atoms with Crippen molar-refractivity contribution in [3.63, 3.8) is 0 Å². The number of aryl methyl sites for hydroxylation is 3. The summed E-state index contributed by atoms with van der Waals surface area (Å²) >= 11 is 0. The van der Waals surface area contributed by atoms with Crippen molar-refractivity contribution in [3.8, 4) is 0 Å². The highest BCUT2D eigenvalue weighted by Gasteiger charge is 2.31. The van der Waals surface area contributed by atoms with Gasteiger partial charge in [0.05, 0.1) is 0 Å². The minimum atomic E-state index is -3.57. The van der Waals surface area contributed by atoms with E-state index >= 15 is 0 Å². The molecular weight excluding hydrogens is 354 g/mol. The van der Waals surface area contributed by atoms with Crippen LogP contribution in [0.5, 0.6) is 0 Å². The van der Waals surface area contributed by atoms with Crippen LogP contribution in [-0.4, -0.2) is 72.5 Å². The lowest BCUT2D eigenvalue weighted by Crippen LogP contribution is -2.49. The van der Waals surface area contributed by atoms with Crippen LogP contribution in [0.1, 0.15) is 11.5 Å². The molecule has 1 aliphatic heterocycles. The lowest BCUT2D eigenvalue weighted by atomic mass is 10.3. The van der Waals surface area contributed by atoms with Gasteiger partial charge in [0.2, 0.25) is 5.95 Å². The zero-order valence-electron chi connectivity index (χ0n) is 15.8. The van der Waals surface area contributed by atoms with Gasteiger partial charge in [-0.2, -0.15) is 9.29 Å². The van der Waals surface area contributed by atoms with Gasteiger partial charge in [-0.3, -0.25) is 0 Å². The zero-order valence-corrected chi connectivity index (χ0v) is 16.7. The number of aromatic nitrogens is 4. The summed E-state index contributed by atoms with van der Waals surface area (Å²) < 4.78 is 28.8. The van der Waals surface area contributed by atoms with Gasteiger partial charge in [0.15, 0.2) is 5.03 Å². The van der Waals surface area contributed by atoms with Crippen molar-refractivity contribution in [3.05, 3.63) is 23.8 Å². The molecule has 142 valence electrons. The SMILES string of the molecule is Cc1cc(N(C)C)nc(N2CCN(S(=O)(=O)c3cn(C)c(C)n3)CC2)n1. The van der Waals surface area contributed by atoms with Crippen LogP contribution < -0.4 is 9.80 Å². The largest absolute Gasteiger partial charge is 0.363 e. The zero-order chi connectivity index (χ0) is 19.1. The van der Waals surface area contributed by atoms with Crippen LogP contribution in [0.15, 0.2) is 17.3 Å². The summed E-state index contributed by atoms with van der Waals surface area (Å²) in [6.07, 6.45) is 1.56. The van der Waals surface area contributed by atoms with E-state index in [4.69, 9.17) is 0 Å². The van der Waals surface area contributed by atoms with Crippen LogP contribution in [0.4, 0.5) is 11.8 Å². The predicted octanol–water partition coefficient (Wildman–Crippen LogP) is 0.404. The number of rotatable bonds is 4. The Morgan fingerprint density at radius 2 is 1.69 bits per heavy atom. The van der Waals surface area contributed by atoms with Crippen molar-refractivity contribution in [2.45, 2.75) is 18.9 Å². The molecule has 0 aromatic carbocycles. The van der Waals surface area contributed by atoms with Crippen LogP contribution in [0.3, 0.4) is 0 Å². The Kier molecular flexibility index (Phi) is 4.89. The fourth-order valence-corrected chi connectivity index (χ4v) is 4.27. The highest BCUT2D eigenvalue weighted by Crippen LogP contribution is 2.20. The molecule has 0 atom stereocenters. The first kappa shape index (κ1) is 18.6. The van der Waals surface area contributed by atoms with Gasteiger partial charge in [-0.25, -0.2) is 18.4 Å². The van der Waals surface area contributed by atoms with Gasteiger partial charge in [0.1, 0.15) is 11.6 Å². The maximum atomic E-state index is 12.8. The molecule has 2 aromatic rings. The van der Waals surface area contributed by atoms with Crippen molar-refractivity contribution in [2.75, 3.05) is 50.1 Å². The lowest BCUT2D eigenvalue weighted by Gasteiger charge is -2.33. The van der Waals surface area contributed by atoms with E-state index in [9.17, 15) is 8.42 Å². The van der Waals surface area contributed by atoms with E-state index < -0.39 is 10.0 Å². The summed E-state index contributed by atoms with van der Waals surface area (Å²) in [6, 6.07) is 1.92. The van der Waals surface area contributed by atoms with Crippen molar-refractivity contribution in [1.29, 1.82) is 0 Å². The molecule has 0 unspecified atom stereocenters. The summed E-state index contributed by atoms with van der Waals surface area (Å²) in [5, 5.41) is 0.104. The monoisotopic (exact) mass is 379 g/mol. The standard InChI is InChI=1S/C16H25N7O2S/c1-12-10-14(20(3)4)19-16(17-12)22-6-8-23(9-7-22)26(24,25)15-11-21(5)13(2)18-15/h10-11H,6-9H2,1-5H3. The topological polar surface area (TPSA) is 87.5 Å². The average molecular weight is 379 g/mol. The van der Waals surface area contributed by atoms with Gasteiger partial charge >= 0.3 is 0 Å². The molecule has 0 N–H and O–H groups in total.